The van der Waals surface area contributed by atoms with Crippen molar-refractivity contribution < 1.29 is 9.47 Å². The number of nitrogens with zero attached hydrogens (tertiary/aromatic N) is 3. The van der Waals surface area contributed by atoms with Crippen molar-refractivity contribution in [1.29, 1.82) is 0 Å². The SMILES string of the molecule is COc1ccc(CCNCC2CCC(Nc3nc(N(C)C)c4ccccc4n3)CC2)cc1OC. The fourth-order valence-electron chi connectivity index (χ4n) is 4.73. The molecule has 2 N–H and O–H groups in total. The molecular weight excluding hydrogens is 426 g/mol. The molecule has 0 amide bonds. The van der Waals surface area contributed by atoms with E-state index in [4.69, 9.17) is 19.4 Å². The second kappa shape index (κ2) is 11.4. The van der Waals surface area contributed by atoms with E-state index in [9.17, 15) is 0 Å². The Morgan fingerprint density at radius 3 is 2.44 bits per heavy atom. The third-order valence-corrected chi connectivity index (χ3v) is 6.66. The average molecular weight is 464 g/mol. The summed E-state index contributed by atoms with van der Waals surface area (Å²) in [6.07, 6.45) is 5.71. The standard InChI is InChI=1S/C27H37N5O2/c1-32(2)26-22-7-5-6-8-23(22)30-27(31-26)29-21-12-9-20(10-13-21)18-28-16-15-19-11-14-24(33-3)25(17-19)34-4/h5-8,11,14,17,20-21,28H,9-10,12-13,15-16,18H2,1-4H3,(H,29,30,31). The molecule has 7 heteroatoms. The maximum absolute atomic E-state index is 5.41. The summed E-state index contributed by atoms with van der Waals surface area (Å²) >= 11 is 0. The molecule has 3 aromatic rings. The minimum atomic E-state index is 0.430. The number of fused-ring (bicyclic) bond motifs is 1. The van der Waals surface area contributed by atoms with Crippen LogP contribution in [0.2, 0.25) is 0 Å². The van der Waals surface area contributed by atoms with Gasteiger partial charge < -0.3 is 25.0 Å². The zero-order chi connectivity index (χ0) is 23.9. The molecule has 1 heterocycles. The van der Waals surface area contributed by atoms with E-state index in [1.165, 1.54) is 18.4 Å². The Labute approximate surface area is 202 Å². The highest BCUT2D eigenvalue weighted by atomic mass is 16.5. The zero-order valence-electron chi connectivity index (χ0n) is 20.8. The number of hydrogen-bond acceptors (Lipinski definition) is 7. The van der Waals surface area contributed by atoms with Crippen molar-refractivity contribution in [2.24, 2.45) is 5.92 Å². The van der Waals surface area contributed by atoms with Gasteiger partial charge in [-0.15, -0.1) is 0 Å². The van der Waals surface area contributed by atoms with E-state index in [1.807, 2.05) is 32.3 Å². The van der Waals surface area contributed by atoms with Gasteiger partial charge >= 0.3 is 0 Å². The predicted octanol–water partition coefficient (Wildman–Crippen LogP) is 4.52. The first-order chi connectivity index (χ1) is 16.6. The average Bonchev–Trinajstić information content (AvgIpc) is 2.86. The van der Waals surface area contributed by atoms with Gasteiger partial charge in [-0.3, -0.25) is 0 Å². The first-order valence-electron chi connectivity index (χ1n) is 12.2. The summed E-state index contributed by atoms with van der Waals surface area (Å²) in [6.45, 7) is 2.03. The molecule has 0 radical (unpaired) electrons. The number of methoxy groups -OCH3 is 2. The number of ether oxygens (including phenoxy) is 2. The van der Waals surface area contributed by atoms with Crippen molar-refractivity contribution in [3.05, 3.63) is 48.0 Å². The van der Waals surface area contributed by atoms with Crippen LogP contribution in [0.5, 0.6) is 11.5 Å². The van der Waals surface area contributed by atoms with E-state index < -0.39 is 0 Å². The molecule has 182 valence electrons. The number of hydrogen-bond donors (Lipinski definition) is 2. The van der Waals surface area contributed by atoms with Crippen LogP contribution in [-0.4, -0.2) is 57.4 Å². The first kappa shape index (κ1) is 24.1. The number of para-hydroxylation sites is 1. The summed E-state index contributed by atoms with van der Waals surface area (Å²) in [6, 6.07) is 14.8. The molecule has 0 saturated heterocycles. The Balaban J connectivity index is 1.23. The summed E-state index contributed by atoms with van der Waals surface area (Å²) in [7, 11) is 7.40. The molecule has 0 unspecified atom stereocenters. The van der Waals surface area contributed by atoms with Crippen molar-refractivity contribution in [3.8, 4) is 11.5 Å². The minimum Gasteiger partial charge on any atom is -0.493 e. The smallest absolute Gasteiger partial charge is 0.225 e. The van der Waals surface area contributed by atoms with Crippen LogP contribution in [0, 0.1) is 5.92 Å². The molecular formula is C27H37N5O2. The van der Waals surface area contributed by atoms with E-state index in [-0.39, 0.29) is 0 Å². The van der Waals surface area contributed by atoms with Crippen LogP contribution in [0.4, 0.5) is 11.8 Å². The van der Waals surface area contributed by atoms with Gasteiger partial charge in [0.15, 0.2) is 11.5 Å². The molecule has 34 heavy (non-hydrogen) atoms. The normalized spacial score (nSPS) is 18.0. The van der Waals surface area contributed by atoms with Crippen LogP contribution in [-0.2, 0) is 6.42 Å². The van der Waals surface area contributed by atoms with E-state index >= 15 is 0 Å². The van der Waals surface area contributed by atoms with E-state index in [0.717, 1.165) is 72.4 Å². The maximum Gasteiger partial charge on any atom is 0.225 e. The third-order valence-electron chi connectivity index (χ3n) is 6.66. The molecule has 0 aliphatic heterocycles. The summed E-state index contributed by atoms with van der Waals surface area (Å²) in [5.41, 5.74) is 2.24. The summed E-state index contributed by atoms with van der Waals surface area (Å²) < 4.78 is 10.7. The fraction of sp³-hybridized carbons (Fsp3) is 0.481. The van der Waals surface area contributed by atoms with E-state index in [1.54, 1.807) is 14.2 Å². The molecule has 0 atom stereocenters. The monoisotopic (exact) mass is 463 g/mol. The Kier molecular flexibility index (Phi) is 8.06. The van der Waals surface area contributed by atoms with Gasteiger partial charge in [0.2, 0.25) is 5.95 Å². The molecule has 1 aromatic heterocycles. The van der Waals surface area contributed by atoms with E-state index in [0.29, 0.717) is 6.04 Å². The lowest BCUT2D eigenvalue weighted by Gasteiger charge is -2.29. The number of nitrogens with one attached hydrogen (secondary N) is 2. The van der Waals surface area contributed by atoms with Crippen LogP contribution in [0.25, 0.3) is 10.9 Å². The van der Waals surface area contributed by atoms with Gasteiger partial charge in [-0.25, -0.2) is 4.98 Å². The molecule has 4 rings (SSSR count). The van der Waals surface area contributed by atoms with Gasteiger partial charge in [0.25, 0.3) is 0 Å². The van der Waals surface area contributed by atoms with Gasteiger partial charge in [0.1, 0.15) is 5.82 Å². The molecule has 2 aromatic carbocycles. The molecule has 1 aliphatic rings. The highest BCUT2D eigenvalue weighted by Crippen LogP contribution is 2.29. The van der Waals surface area contributed by atoms with Crippen molar-refractivity contribution in [1.82, 2.24) is 15.3 Å². The fourth-order valence-corrected chi connectivity index (χ4v) is 4.73. The Morgan fingerprint density at radius 1 is 0.941 bits per heavy atom. The molecule has 1 saturated carbocycles. The van der Waals surface area contributed by atoms with Crippen LogP contribution < -0.4 is 25.0 Å². The topological polar surface area (TPSA) is 71.5 Å². The molecule has 1 fully saturated rings. The summed E-state index contributed by atoms with van der Waals surface area (Å²) in [5, 5.41) is 8.34. The third kappa shape index (κ3) is 5.89. The number of aromatic nitrogens is 2. The summed E-state index contributed by atoms with van der Waals surface area (Å²) in [4.78, 5) is 11.6. The Morgan fingerprint density at radius 2 is 1.71 bits per heavy atom. The van der Waals surface area contributed by atoms with Crippen molar-refractivity contribution in [2.75, 3.05) is 51.6 Å². The van der Waals surface area contributed by atoms with Crippen molar-refractivity contribution >= 4 is 22.7 Å². The molecule has 0 bridgehead atoms. The maximum atomic E-state index is 5.41. The second-order valence-corrected chi connectivity index (χ2v) is 9.29. The van der Waals surface area contributed by atoms with Crippen LogP contribution in [0.3, 0.4) is 0 Å². The lowest BCUT2D eigenvalue weighted by molar-refractivity contribution is 0.325. The lowest BCUT2D eigenvalue weighted by Crippen LogP contribution is -2.32. The molecule has 1 aliphatic carbocycles. The van der Waals surface area contributed by atoms with Gasteiger partial charge in [0, 0.05) is 25.5 Å². The number of rotatable bonds is 10. The van der Waals surface area contributed by atoms with Crippen molar-refractivity contribution in [3.63, 3.8) is 0 Å². The highest BCUT2D eigenvalue weighted by Gasteiger charge is 2.22. The van der Waals surface area contributed by atoms with Crippen LogP contribution in [0.1, 0.15) is 31.2 Å². The van der Waals surface area contributed by atoms with Crippen LogP contribution in [0.15, 0.2) is 42.5 Å². The molecule has 0 spiro atoms. The molecule has 7 nitrogen and oxygen atoms in total. The van der Waals surface area contributed by atoms with Gasteiger partial charge in [0.05, 0.1) is 19.7 Å². The quantitative estimate of drug-likeness (QED) is 0.429. The lowest BCUT2D eigenvalue weighted by atomic mass is 9.86. The van der Waals surface area contributed by atoms with Gasteiger partial charge in [-0.1, -0.05) is 18.2 Å². The largest absolute Gasteiger partial charge is 0.493 e. The van der Waals surface area contributed by atoms with Crippen LogP contribution >= 0.6 is 0 Å². The minimum absolute atomic E-state index is 0.430. The first-order valence-corrected chi connectivity index (χ1v) is 12.2. The Bertz CT molecular complexity index is 1080. The zero-order valence-corrected chi connectivity index (χ0v) is 20.8. The van der Waals surface area contributed by atoms with Gasteiger partial charge in [-0.05, 0) is 80.9 Å². The van der Waals surface area contributed by atoms with Gasteiger partial charge in [-0.2, -0.15) is 4.98 Å². The number of anilines is 2. The van der Waals surface area contributed by atoms with E-state index in [2.05, 4.69) is 39.8 Å². The Hall–Kier alpha value is -3.06. The predicted molar refractivity (Wildman–Crippen MR) is 139 cm³/mol. The van der Waals surface area contributed by atoms with Crippen molar-refractivity contribution in [2.45, 2.75) is 38.1 Å². The number of benzene rings is 2. The highest BCUT2D eigenvalue weighted by molar-refractivity contribution is 5.90. The second-order valence-electron chi connectivity index (χ2n) is 9.29. The summed E-state index contributed by atoms with van der Waals surface area (Å²) in [5.74, 6) is 3.98.